The van der Waals surface area contributed by atoms with E-state index in [1.165, 1.54) is 0 Å². The molecule has 152 valence electrons. The highest BCUT2D eigenvalue weighted by atomic mass is 32.1. The molecule has 1 rings (SSSR count). The molecule has 1 aliphatic heterocycles. The minimum atomic E-state index is -1.20. The SMILES string of the molecule is NC(CS)C(=O)NCC(=O)NC(CCC(=O)O)C(=O)N1CCCC1C(=O)O. The minimum Gasteiger partial charge on any atom is -0.481 e. The molecule has 0 radical (unpaired) electrons. The molecule has 1 fully saturated rings. The van der Waals surface area contributed by atoms with Gasteiger partial charge in [-0.3, -0.25) is 19.2 Å². The van der Waals surface area contributed by atoms with Crippen LogP contribution in [0.4, 0.5) is 0 Å². The number of thiol groups is 1. The lowest BCUT2D eigenvalue weighted by Gasteiger charge is -2.27. The Hall–Kier alpha value is -2.34. The zero-order chi connectivity index (χ0) is 20.6. The molecule has 0 spiro atoms. The van der Waals surface area contributed by atoms with Crippen LogP contribution in [0.25, 0.3) is 0 Å². The number of amides is 3. The summed E-state index contributed by atoms with van der Waals surface area (Å²) in [5.74, 6) is -4.21. The summed E-state index contributed by atoms with van der Waals surface area (Å²) in [5.41, 5.74) is 5.46. The minimum absolute atomic E-state index is 0.0821. The summed E-state index contributed by atoms with van der Waals surface area (Å²) < 4.78 is 0. The second-order valence-electron chi connectivity index (χ2n) is 6.09. The molecular weight excluding hydrogens is 380 g/mol. The van der Waals surface area contributed by atoms with Gasteiger partial charge in [-0.15, -0.1) is 0 Å². The molecule has 3 atom stereocenters. The van der Waals surface area contributed by atoms with E-state index < -0.39 is 54.3 Å². The van der Waals surface area contributed by atoms with Gasteiger partial charge in [0.1, 0.15) is 12.1 Å². The Morgan fingerprint density at radius 1 is 1.22 bits per heavy atom. The van der Waals surface area contributed by atoms with Gasteiger partial charge in [0.2, 0.25) is 17.7 Å². The number of nitrogens with zero attached hydrogens (tertiary/aromatic N) is 1. The summed E-state index contributed by atoms with van der Waals surface area (Å²) in [7, 11) is 0. The molecular formula is C15H24N4O7S. The van der Waals surface area contributed by atoms with E-state index in [9.17, 15) is 29.1 Å². The predicted octanol–water partition coefficient (Wildman–Crippen LogP) is -2.22. The van der Waals surface area contributed by atoms with Crippen LogP contribution >= 0.6 is 12.6 Å². The second-order valence-corrected chi connectivity index (χ2v) is 6.45. The van der Waals surface area contributed by atoms with Gasteiger partial charge < -0.3 is 31.5 Å². The third kappa shape index (κ3) is 7.06. The van der Waals surface area contributed by atoms with Gasteiger partial charge in [0, 0.05) is 18.7 Å². The molecule has 0 aliphatic carbocycles. The molecule has 12 heteroatoms. The number of hydrogen-bond donors (Lipinski definition) is 6. The molecule has 6 N–H and O–H groups in total. The standard InChI is InChI=1S/C15H24N4O7S/c16-8(7-27)13(23)17-6-11(20)18-9(3-4-12(21)22)14(24)19-5-1-2-10(19)15(25)26/h8-10,27H,1-7,16H2,(H,17,23)(H,18,20)(H,21,22)(H,25,26). The first-order valence-electron chi connectivity index (χ1n) is 8.36. The highest BCUT2D eigenvalue weighted by Crippen LogP contribution is 2.19. The number of aliphatic carboxylic acids is 2. The molecule has 0 aromatic heterocycles. The largest absolute Gasteiger partial charge is 0.481 e. The molecule has 1 aliphatic rings. The van der Waals surface area contributed by atoms with Crippen molar-refractivity contribution >= 4 is 42.3 Å². The summed E-state index contributed by atoms with van der Waals surface area (Å²) >= 11 is 3.86. The molecule has 0 aromatic carbocycles. The van der Waals surface area contributed by atoms with Crippen LogP contribution in [-0.4, -0.2) is 81.7 Å². The van der Waals surface area contributed by atoms with E-state index in [0.717, 1.165) is 4.90 Å². The molecule has 1 saturated heterocycles. The Bertz CT molecular complexity index is 601. The summed E-state index contributed by atoms with van der Waals surface area (Å²) in [6.45, 7) is -0.248. The first-order valence-corrected chi connectivity index (χ1v) is 8.99. The molecule has 27 heavy (non-hydrogen) atoms. The van der Waals surface area contributed by atoms with Crippen molar-refractivity contribution in [2.24, 2.45) is 5.73 Å². The van der Waals surface area contributed by atoms with Crippen molar-refractivity contribution in [2.45, 2.75) is 43.8 Å². The molecule has 1 heterocycles. The highest BCUT2D eigenvalue weighted by Gasteiger charge is 2.37. The maximum absolute atomic E-state index is 12.6. The monoisotopic (exact) mass is 404 g/mol. The smallest absolute Gasteiger partial charge is 0.326 e. The summed E-state index contributed by atoms with van der Waals surface area (Å²) in [4.78, 5) is 59.4. The van der Waals surface area contributed by atoms with Gasteiger partial charge >= 0.3 is 11.9 Å². The number of hydrogen-bond acceptors (Lipinski definition) is 7. The quantitative estimate of drug-likeness (QED) is 0.222. The van der Waals surface area contributed by atoms with Crippen LogP contribution in [0.3, 0.4) is 0 Å². The summed E-state index contributed by atoms with van der Waals surface area (Å²) in [5, 5.41) is 22.7. The Balaban J connectivity index is 2.74. The van der Waals surface area contributed by atoms with Crippen molar-refractivity contribution in [1.29, 1.82) is 0 Å². The lowest BCUT2D eigenvalue weighted by molar-refractivity contribution is -0.149. The fourth-order valence-electron chi connectivity index (χ4n) is 2.64. The Labute approximate surface area is 161 Å². The lowest BCUT2D eigenvalue weighted by atomic mass is 10.1. The van der Waals surface area contributed by atoms with Crippen molar-refractivity contribution < 1.29 is 34.2 Å². The van der Waals surface area contributed by atoms with Crippen LogP contribution in [-0.2, 0) is 24.0 Å². The Morgan fingerprint density at radius 2 is 1.89 bits per heavy atom. The Kier molecular flexibility index (Phi) is 9.02. The van der Waals surface area contributed by atoms with Crippen molar-refractivity contribution in [3.63, 3.8) is 0 Å². The van der Waals surface area contributed by atoms with Gasteiger partial charge in [-0.1, -0.05) is 0 Å². The normalized spacial score (nSPS) is 18.4. The van der Waals surface area contributed by atoms with Crippen LogP contribution < -0.4 is 16.4 Å². The zero-order valence-corrected chi connectivity index (χ0v) is 15.5. The van der Waals surface area contributed by atoms with E-state index in [4.69, 9.17) is 10.8 Å². The van der Waals surface area contributed by atoms with E-state index in [1.54, 1.807) is 0 Å². The molecule has 0 saturated carbocycles. The number of nitrogens with two attached hydrogens (primary N) is 1. The number of likely N-dealkylation sites (tertiary alicyclic amines) is 1. The molecule has 3 unspecified atom stereocenters. The van der Waals surface area contributed by atoms with Crippen LogP contribution in [0, 0.1) is 0 Å². The number of carboxylic acids is 2. The molecule has 0 aromatic rings. The second kappa shape index (κ2) is 10.7. The van der Waals surface area contributed by atoms with E-state index >= 15 is 0 Å². The van der Waals surface area contributed by atoms with Crippen LogP contribution in [0.15, 0.2) is 0 Å². The number of carboxylic acid groups (broad SMARTS) is 2. The van der Waals surface area contributed by atoms with Gasteiger partial charge in [0.15, 0.2) is 0 Å². The number of nitrogens with one attached hydrogen (secondary N) is 2. The highest BCUT2D eigenvalue weighted by molar-refractivity contribution is 7.80. The van der Waals surface area contributed by atoms with E-state index in [-0.39, 0.29) is 25.1 Å². The molecule has 0 bridgehead atoms. The topological polar surface area (TPSA) is 179 Å². The summed E-state index contributed by atoms with van der Waals surface area (Å²) in [6.07, 6.45) is 0.199. The number of rotatable bonds is 10. The summed E-state index contributed by atoms with van der Waals surface area (Å²) in [6, 6.07) is -3.11. The zero-order valence-electron chi connectivity index (χ0n) is 14.6. The van der Waals surface area contributed by atoms with Gasteiger partial charge in [0.05, 0.1) is 12.6 Å². The molecule has 11 nitrogen and oxygen atoms in total. The third-order valence-corrected chi connectivity index (χ3v) is 4.45. The van der Waals surface area contributed by atoms with E-state index in [0.29, 0.717) is 12.8 Å². The van der Waals surface area contributed by atoms with Crippen molar-refractivity contribution in [3.8, 4) is 0 Å². The lowest BCUT2D eigenvalue weighted by Crippen LogP contribution is -2.54. The van der Waals surface area contributed by atoms with Crippen LogP contribution in [0.1, 0.15) is 25.7 Å². The maximum Gasteiger partial charge on any atom is 0.326 e. The van der Waals surface area contributed by atoms with Gasteiger partial charge in [-0.2, -0.15) is 12.6 Å². The van der Waals surface area contributed by atoms with Crippen LogP contribution in [0.2, 0.25) is 0 Å². The third-order valence-electron chi connectivity index (χ3n) is 4.06. The predicted molar refractivity (Wildman–Crippen MR) is 96.0 cm³/mol. The maximum atomic E-state index is 12.6. The first-order chi connectivity index (χ1) is 12.7. The van der Waals surface area contributed by atoms with Crippen LogP contribution in [0.5, 0.6) is 0 Å². The van der Waals surface area contributed by atoms with E-state index in [2.05, 4.69) is 23.3 Å². The fourth-order valence-corrected chi connectivity index (χ4v) is 2.81. The van der Waals surface area contributed by atoms with E-state index in [1.807, 2.05) is 0 Å². The average molecular weight is 404 g/mol. The first kappa shape index (κ1) is 22.7. The number of carbonyl (C=O) groups is 5. The Morgan fingerprint density at radius 3 is 2.44 bits per heavy atom. The average Bonchev–Trinajstić information content (AvgIpc) is 3.11. The van der Waals surface area contributed by atoms with Crippen molar-refractivity contribution in [3.05, 3.63) is 0 Å². The van der Waals surface area contributed by atoms with Gasteiger partial charge in [-0.25, -0.2) is 4.79 Å². The van der Waals surface area contributed by atoms with Crippen molar-refractivity contribution in [2.75, 3.05) is 18.8 Å². The van der Waals surface area contributed by atoms with Gasteiger partial charge in [-0.05, 0) is 19.3 Å². The van der Waals surface area contributed by atoms with Crippen molar-refractivity contribution in [1.82, 2.24) is 15.5 Å². The number of carbonyl (C=O) groups excluding carboxylic acids is 3. The molecule has 3 amide bonds. The van der Waals surface area contributed by atoms with Gasteiger partial charge in [0.25, 0.3) is 0 Å². The fraction of sp³-hybridized carbons (Fsp3) is 0.667.